The van der Waals surface area contributed by atoms with Gasteiger partial charge in [-0.05, 0) is 23.8 Å². The molecule has 8 nitrogen and oxygen atoms in total. The van der Waals surface area contributed by atoms with E-state index in [2.05, 4.69) is 4.74 Å². The second-order valence-corrected chi connectivity index (χ2v) is 8.81. The van der Waals surface area contributed by atoms with Gasteiger partial charge >= 0.3 is 27.7 Å². The third-order valence-corrected chi connectivity index (χ3v) is 6.34. The van der Waals surface area contributed by atoms with Crippen molar-refractivity contribution in [3.05, 3.63) is 65.2 Å². The summed E-state index contributed by atoms with van der Waals surface area (Å²) in [6, 6.07) is 7.81. The highest BCUT2D eigenvalue weighted by Gasteiger charge is 2.53. The summed E-state index contributed by atoms with van der Waals surface area (Å²) in [5.74, 6) is -1.83. The van der Waals surface area contributed by atoms with Crippen LogP contribution in [0.5, 0.6) is 0 Å². The lowest BCUT2D eigenvalue weighted by molar-refractivity contribution is -0.0438. The van der Waals surface area contributed by atoms with Crippen LogP contribution in [-0.4, -0.2) is 44.7 Å². The first-order chi connectivity index (χ1) is 15.9. The van der Waals surface area contributed by atoms with Crippen molar-refractivity contribution < 1.29 is 49.4 Å². The van der Waals surface area contributed by atoms with E-state index in [1.807, 2.05) is 0 Å². The molecule has 14 heteroatoms. The molecule has 0 radical (unpaired) electrons. The Kier molecular flexibility index (Phi) is 7.00. The summed E-state index contributed by atoms with van der Waals surface area (Å²) in [7, 11) is -5.49. The smallest absolute Gasteiger partial charge is 0.452 e. The molecule has 184 valence electrons. The van der Waals surface area contributed by atoms with Crippen molar-refractivity contribution in [3.63, 3.8) is 0 Å². The van der Waals surface area contributed by atoms with Crippen molar-refractivity contribution in [3.8, 4) is 0 Å². The van der Waals surface area contributed by atoms with Gasteiger partial charge in [0.2, 0.25) is 0 Å². The number of hydrogen-bond donors (Lipinski definition) is 0. The number of carbonyl (C=O) groups is 2. The first kappa shape index (κ1) is 25.2. The number of para-hydroxylation sites is 1. The fourth-order valence-electron chi connectivity index (χ4n) is 3.35. The quantitative estimate of drug-likeness (QED) is 0.554. The maximum Gasteiger partial charge on any atom is 0.517 e. The average Bonchev–Trinajstić information content (AvgIpc) is 2.75. The number of halogens is 5. The van der Waals surface area contributed by atoms with Crippen LogP contribution in [0.1, 0.15) is 23.7 Å². The van der Waals surface area contributed by atoms with Crippen molar-refractivity contribution in [1.82, 2.24) is 4.90 Å². The van der Waals surface area contributed by atoms with E-state index in [0.29, 0.717) is 7.11 Å². The fraction of sp³-hybridized carbons (Fsp3) is 0.300. The Morgan fingerprint density at radius 3 is 2.32 bits per heavy atom. The molecular formula is C20H17F5N2O6S. The number of sulfonamides is 1. The third kappa shape index (κ3) is 4.76. The highest BCUT2D eigenvalue weighted by molar-refractivity contribution is 7.94. The highest BCUT2D eigenvalue weighted by atomic mass is 32.2. The van der Waals surface area contributed by atoms with E-state index in [0.717, 1.165) is 29.2 Å². The molecule has 1 fully saturated rings. The van der Waals surface area contributed by atoms with Gasteiger partial charge in [-0.3, -0.25) is 0 Å². The van der Waals surface area contributed by atoms with E-state index in [1.54, 1.807) is 0 Å². The minimum atomic E-state index is -6.19. The number of amides is 2. The van der Waals surface area contributed by atoms with Gasteiger partial charge in [-0.2, -0.15) is 25.9 Å². The van der Waals surface area contributed by atoms with Crippen molar-refractivity contribution in [2.75, 3.05) is 18.0 Å². The number of rotatable bonds is 5. The lowest BCUT2D eigenvalue weighted by Crippen LogP contribution is -2.45. The largest absolute Gasteiger partial charge is 0.517 e. The van der Waals surface area contributed by atoms with Crippen LogP contribution in [0.3, 0.4) is 0 Å². The van der Waals surface area contributed by atoms with Gasteiger partial charge in [0.05, 0.1) is 24.9 Å². The predicted molar refractivity (Wildman–Crippen MR) is 107 cm³/mol. The monoisotopic (exact) mass is 508 g/mol. The molecule has 0 saturated carbocycles. The minimum absolute atomic E-state index is 0.0622. The standard InChI is InChI=1S/C20H17F5N2O6S/c1-32-19(29)27(34(30,31)20(23,24)25)15-8-3-2-5-12(15)11-26-10-9-16(33-18(26)28)17-13(21)6-4-7-14(17)22/h2-8,16H,9-11H2,1H3. The Morgan fingerprint density at radius 1 is 1.15 bits per heavy atom. The molecule has 1 unspecified atom stereocenters. The van der Waals surface area contributed by atoms with Crippen molar-refractivity contribution in [2.45, 2.75) is 24.6 Å². The SMILES string of the molecule is COC(=O)N(c1ccccc1CN1CCC(c2c(F)cccc2F)OC1=O)S(=O)(=O)C(F)(F)F. The Bertz CT molecular complexity index is 1180. The van der Waals surface area contributed by atoms with Crippen LogP contribution in [0.2, 0.25) is 0 Å². The maximum absolute atomic E-state index is 14.0. The Balaban J connectivity index is 1.90. The van der Waals surface area contributed by atoms with Gasteiger partial charge in [-0.1, -0.05) is 24.3 Å². The normalized spacial score (nSPS) is 16.7. The number of hydrogen-bond acceptors (Lipinski definition) is 6. The number of carbonyl (C=O) groups excluding carboxylic acids is 2. The zero-order chi connectivity index (χ0) is 25.3. The Morgan fingerprint density at radius 2 is 1.76 bits per heavy atom. The maximum atomic E-state index is 14.0. The Hall–Kier alpha value is -3.42. The first-order valence-electron chi connectivity index (χ1n) is 9.55. The summed E-state index contributed by atoms with van der Waals surface area (Å²) in [6.45, 7) is -0.599. The molecule has 2 aromatic carbocycles. The predicted octanol–water partition coefficient (Wildman–Crippen LogP) is 4.47. The van der Waals surface area contributed by atoms with Gasteiger partial charge in [0, 0.05) is 13.0 Å². The zero-order valence-electron chi connectivity index (χ0n) is 17.4. The van der Waals surface area contributed by atoms with Crippen LogP contribution < -0.4 is 4.31 Å². The van der Waals surface area contributed by atoms with Crippen LogP contribution in [0, 0.1) is 11.6 Å². The molecule has 1 atom stereocenters. The summed E-state index contributed by atoms with van der Waals surface area (Å²) < 4.78 is 101. The third-order valence-electron chi connectivity index (χ3n) is 4.93. The van der Waals surface area contributed by atoms with Crippen LogP contribution in [0.15, 0.2) is 42.5 Å². The van der Waals surface area contributed by atoms with E-state index < -0.39 is 67.6 Å². The summed E-state index contributed by atoms with van der Waals surface area (Å²) in [5.41, 5.74) is -7.12. The molecule has 1 aliphatic heterocycles. The van der Waals surface area contributed by atoms with Gasteiger partial charge in [0.25, 0.3) is 0 Å². The molecule has 0 aliphatic carbocycles. The lowest BCUT2D eigenvalue weighted by atomic mass is 10.0. The van der Waals surface area contributed by atoms with Crippen LogP contribution in [-0.2, 0) is 26.0 Å². The number of anilines is 1. The molecule has 1 heterocycles. The second kappa shape index (κ2) is 9.44. The van der Waals surface area contributed by atoms with Gasteiger partial charge in [-0.15, -0.1) is 0 Å². The first-order valence-corrected chi connectivity index (χ1v) is 11.0. The summed E-state index contributed by atoms with van der Waals surface area (Å²) in [6.07, 6.45) is -4.16. The van der Waals surface area contributed by atoms with Crippen LogP contribution in [0.4, 0.5) is 37.2 Å². The van der Waals surface area contributed by atoms with Gasteiger partial charge in [-0.25, -0.2) is 18.4 Å². The molecule has 1 saturated heterocycles. The highest BCUT2D eigenvalue weighted by Crippen LogP contribution is 2.35. The molecule has 0 spiro atoms. The number of cyclic esters (lactones) is 1. The summed E-state index contributed by atoms with van der Waals surface area (Å²) >= 11 is 0. The number of methoxy groups -OCH3 is 1. The lowest BCUT2D eigenvalue weighted by Gasteiger charge is -2.33. The topological polar surface area (TPSA) is 93.2 Å². The molecule has 3 rings (SSSR count). The Labute approximate surface area is 190 Å². The molecule has 34 heavy (non-hydrogen) atoms. The van der Waals surface area contributed by atoms with Gasteiger partial charge in [0.1, 0.15) is 17.7 Å². The van der Waals surface area contributed by atoms with Crippen molar-refractivity contribution >= 4 is 27.9 Å². The minimum Gasteiger partial charge on any atom is -0.452 e. The van der Waals surface area contributed by atoms with E-state index in [1.165, 1.54) is 18.2 Å². The van der Waals surface area contributed by atoms with Crippen LogP contribution in [0.25, 0.3) is 0 Å². The molecule has 0 N–H and O–H groups in total. The second-order valence-electron chi connectivity index (χ2n) is 7.03. The van der Waals surface area contributed by atoms with E-state index in [-0.39, 0.29) is 18.5 Å². The summed E-state index contributed by atoms with van der Waals surface area (Å²) in [4.78, 5) is 25.5. The summed E-state index contributed by atoms with van der Waals surface area (Å²) in [5, 5.41) is 0. The molecular weight excluding hydrogens is 491 g/mol. The number of ether oxygens (including phenoxy) is 2. The zero-order valence-corrected chi connectivity index (χ0v) is 18.2. The average molecular weight is 508 g/mol. The molecule has 0 bridgehead atoms. The number of nitrogens with zero attached hydrogens (tertiary/aromatic N) is 2. The van der Waals surface area contributed by atoms with Gasteiger partial charge in [0.15, 0.2) is 0 Å². The van der Waals surface area contributed by atoms with E-state index in [4.69, 9.17) is 4.74 Å². The van der Waals surface area contributed by atoms with Crippen molar-refractivity contribution in [2.24, 2.45) is 0 Å². The molecule has 1 aliphatic rings. The molecule has 2 aromatic rings. The van der Waals surface area contributed by atoms with E-state index in [9.17, 15) is 40.0 Å². The van der Waals surface area contributed by atoms with E-state index >= 15 is 0 Å². The number of benzene rings is 2. The molecule has 0 aromatic heterocycles. The number of alkyl halides is 3. The van der Waals surface area contributed by atoms with Gasteiger partial charge < -0.3 is 14.4 Å². The molecule has 2 amide bonds. The van der Waals surface area contributed by atoms with Crippen molar-refractivity contribution in [1.29, 1.82) is 0 Å². The fourth-order valence-corrected chi connectivity index (χ4v) is 4.26. The van der Waals surface area contributed by atoms with Crippen LogP contribution >= 0.6 is 0 Å².